The second kappa shape index (κ2) is 7.58. The van der Waals surface area contributed by atoms with E-state index in [1.54, 1.807) is 0 Å². The van der Waals surface area contributed by atoms with Crippen molar-refractivity contribution in [1.82, 2.24) is 4.90 Å². The largest absolute Gasteiger partial charge is 0.484 e. The molecule has 2 aromatic rings. The van der Waals surface area contributed by atoms with Gasteiger partial charge in [-0.05, 0) is 42.8 Å². The van der Waals surface area contributed by atoms with Crippen molar-refractivity contribution in [3.8, 4) is 5.75 Å². The Labute approximate surface area is 147 Å². The molecule has 0 aliphatic carbocycles. The molecule has 3 rings (SSSR count). The standard InChI is InChI=1S/C19H21ClN2O2/c1-15-4-2-3-5-18(15)24-14-19(23)22-12-10-21(11-13-22)17-8-6-16(20)7-9-17/h2-9H,10-14H2,1H3. The Bertz CT molecular complexity index is 695. The molecule has 2 aromatic carbocycles. The van der Waals surface area contributed by atoms with Crippen LogP contribution in [0.2, 0.25) is 5.02 Å². The lowest BCUT2D eigenvalue weighted by molar-refractivity contribution is -0.133. The topological polar surface area (TPSA) is 32.8 Å². The number of piperazine rings is 1. The Morgan fingerprint density at radius 1 is 1.04 bits per heavy atom. The van der Waals surface area contributed by atoms with E-state index in [9.17, 15) is 4.79 Å². The van der Waals surface area contributed by atoms with Crippen molar-refractivity contribution in [2.45, 2.75) is 6.92 Å². The summed E-state index contributed by atoms with van der Waals surface area (Å²) in [4.78, 5) is 16.5. The third kappa shape index (κ3) is 4.01. The van der Waals surface area contributed by atoms with Crippen LogP contribution >= 0.6 is 11.6 Å². The van der Waals surface area contributed by atoms with Gasteiger partial charge >= 0.3 is 0 Å². The lowest BCUT2D eigenvalue weighted by atomic mass is 10.2. The molecular weight excluding hydrogens is 324 g/mol. The molecule has 1 aliphatic heterocycles. The number of amides is 1. The molecule has 5 heteroatoms. The minimum Gasteiger partial charge on any atom is -0.484 e. The molecule has 24 heavy (non-hydrogen) atoms. The Balaban J connectivity index is 1.50. The van der Waals surface area contributed by atoms with Crippen molar-refractivity contribution >= 4 is 23.2 Å². The van der Waals surface area contributed by atoms with Gasteiger partial charge in [0.2, 0.25) is 0 Å². The van der Waals surface area contributed by atoms with Crippen LogP contribution in [-0.4, -0.2) is 43.6 Å². The van der Waals surface area contributed by atoms with Crippen LogP contribution in [0.3, 0.4) is 0 Å². The maximum Gasteiger partial charge on any atom is 0.260 e. The van der Waals surface area contributed by atoms with Gasteiger partial charge in [0, 0.05) is 36.9 Å². The van der Waals surface area contributed by atoms with E-state index in [0.717, 1.165) is 35.1 Å². The van der Waals surface area contributed by atoms with E-state index in [1.165, 1.54) is 0 Å². The van der Waals surface area contributed by atoms with Crippen molar-refractivity contribution in [3.05, 3.63) is 59.1 Å². The molecule has 0 aromatic heterocycles. The van der Waals surface area contributed by atoms with E-state index in [0.29, 0.717) is 13.1 Å². The Kier molecular flexibility index (Phi) is 5.26. The second-order valence-corrected chi connectivity index (χ2v) is 6.33. The highest BCUT2D eigenvalue weighted by Crippen LogP contribution is 2.20. The number of halogens is 1. The van der Waals surface area contributed by atoms with Gasteiger partial charge in [-0.3, -0.25) is 4.79 Å². The molecule has 1 fully saturated rings. The number of para-hydroxylation sites is 1. The first-order chi connectivity index (χ1) is 11.6. The smallest absolute Gasteiger partial charge is 0.260 e. The van der Waals surface area contributed by atoms with Crippen LogP contribution in [0.1, 0.15) is 5.56 Å². The van der Waals surface area contributed by atoms with Crippen LogP contribution in [0.5, 0.6) is 5.75 Å². The third-order valence-electron chi connectivity index (χ3n) is 4.27. The average molecular weight is 345 g/mol. The molecule has 0 saturated carbocycles. The van der Waals surface area contributed by atoms with E-state index < -0.39 is 0 Å². The summed E-state index contributed by atoms with van der Waals surface area (Å²) < 4.78 is 5.66. The SMILES string of the molecule is Cc1ccccc1OCC(=O)N1CCN(c2ccc(Cl)cc2)CC1. The van der Waals surface area contributed by atoms with Crippen LogP contribution in [-0.2, 0) is 4.79 Å². The quantitative estimate of drug-likeness (QED) is 0.852. The van der Waals surface area contributed by atoms with E-state index in [4.69, 9.17) is 16.3 Å². The predicted molar refractivity (Wildman–Crippen MR) is 96.9 cm³/mol. The van der Waals surface area contributed by atoms with Gasteiger partial charge in [-0.1, -0.05) is 29.8 Å². The summed E-state index contributed by atoms with van der Waals surface area (Å²) in [7, 11) is 0. The van der Waals surface area contributed by atoms with Gasteiger partial charge in [-0.15, -0.1) is 0 Å². The van der Waals surface area contributed by atoms with Gasteiger partial charge in [0.25, 0.3) is 5.91 Å². The zero-order valence-electron chi connectivity index (χ0n) is 13.7. The summed E-state index contributed by atoms with van der Waals surface area (Å²) in [6.07, 6.45) is 0. The highest BCUT2D eigenvalue weighted by molar-refractivity contribution is 6.30. The molecule has 1 aliphatic rings. The maximum atomic E-state index is 12.3. The molecule has 0 bridgehead atoms. The molecular formula is C19H21ClN2O2. The monoisotopic (exact) mass is 344 g/mol. The van der Waals surface area contributed by atoms with Crippen LogP contribution < -0.4 is 9.64 Å². The first kappa shape index (κ1) is 16.7. The van der Waals surface area contributed by atoms with Crippen molar-refractivity contribution in [2.24, 2.45) is 0 Å². The maximum absolute atomic E-state index is 12.3. The molecule has 1 heterocycles. The number of hydrogen-bond acceptors (Lipinski definition) is 3. The minimum absolute atomic E-state index is 0.0361. The van der Waals surface area contributed by atoms with Crippen LogP contribution in [0.4, 0.5) is 5.69 Å². The highest BCUT2D eigenvalue weighted by Gasteiger charge is 2.21. The number of carbonyl (C=O) groups is 1. The Morgan fingerprint density at radius 2 is 1.71 bits per heavy atom. The normalized spacial score (nSPS) is 14.6. The van der Waals surface area contributed by atoms with Crippen molar-refractivity contribution < 1.29 is 9.53 Å². The Hall–Kier alpha value is -2.20. The minimum atomic E-state index is 0.0361. The molecule has 0 spiro atoms. The summed E-state index contributed by atoms with van der Waals surface area (Å²) in [5, 5.41) is 0.737. The fourth-order valence-electron chi connectivity index (χ4n) is 2.82. The number of anilines is 1. The summed E-state index contributed by atoms with van der Waals surface area (Å²) in [5.74, 6) is 0.805. The van der Waals surface area contributed by atoms with Gasteiger partial charge in [0.05, 0.1) is 0 Å². The van der Waals surface area contributed by atoms with Gasteiger partial charge in [0.15, 0.2) is 6.61 Å². The number of aryl methyl sites for hydroxylation is 1. The molecule has 0 unspecified atom stereocenters. The number of benzene rings is 2. The van der Waals surface area contributed by atoms with Crippen LogP contribution in [0, 0.1) is 6.92 Å². The summed E-state index contributed by atoms with van der Waals surface area (Å²) in [6, 6.07) is 15.6. The molecule has 4 nitrogen and oxygen atoms in total. The van der Waals surface area contributed by atoms with Gasteiger partial charge in [-0.25, -0.2) is 0 Å². The number of nitrogens with zero attached hydrogens (tertiary/aromatic N) is 2. The third-order valence-corrected chi connectivity index (χ3v) is 4.52. The van der Waals surface area contributed by atoms with E-state index in [2.05, 4.69) is 4.90 Å². The van der Waals surface area contributed by atoms with Crippen molar-refractivity contribution in [3.63, 3.8) is 0 Å². The number of carbonyl (C=O) groups excluding carboxylic acids is 1. The molecule has 126 valence electrons. The van der Waals surface area contributed by atoms with Gasteiger partial charge < -0.3 is 14.5 Å². The summed E-state index contributed by atoms with van der Waals surface area (Å²) in [6.45, 7) is 5.11. The number of ether oxygens (including phenoxy) is 1. The van der Waals surface area contributed by atoms with E-state index >= 15 is 0 Å². The number of hydrogen-bond donors (Lipinski definition) is 0. The first-order valence-corrected chi connectivity index (χ1v) is 8.48. The zero-order chi connectivity index (χ0) is 16.9. The number of rotatable bonds is 4. The van der Waals surface area contributed by atoms with Crippen molar-refractivity contribution in [1.29, 1.82) is 0 Å². The Morgan fingerprint density at radius 3 is 2.38 bits per heavy atom. The van der Waals surface area contributed by atoms with E-state index in [1.807, 2.05) is 60.4 Å². The second-order valence-electron chi connectivity index (χ2n) is 5.90. The molecule has 0 radical (unpaired) electrons. The fourth-order valence-corrected chi connectivity index (χ4v) is 2.94. The van der Waals surface area contributed by atoms with Gasteiger partial charge in [-0.2, -0.15) is 0 Å². The average Bonchev–Trinajstić information content (AvgIpc) is 2.62. The fraction of sp³-hybridized carbons (Fsp3) is 0.316. The van der Waals surface area contributed by atoms with Crippen molar-refractivity contribution in [2.75, 3.05) is 37.7 Å². The van der Waals surface area contributed by atoms with Crippen LogP contribution in [0.25, 0.3) is 0 Å². The molecule has 0 atom stereocenters. The molecule has 0 N–H and O–H groups in total. The summed E-state index contributed by atoms with van der Waals surface area (Å²) >= 11 is 5.93. The van der Waals surface area contributed by atoms with Gasteiger partial charge in [0.1, 0.15) is 5.75 Å². The molecule has 1 saturated heterocycles. The molecule has 1 amide bonds. The lowest BCUT2D eigenvalue weighted by Gasteiger charge is -2.36. The van der Waals surface area contributed by atoms with Crippen LogP contribution in [0.15, 0.2) is 48.5 Å². The summed E-state index contributed by atoms with van der Waals surface area (Å²) in [5.41, 5.74) is 2.18. The lowest BCUT2D eigenvalue weighted by Crippen LogP contribution is -2.50. The highest BCUT2D eigenvalue weighted by atomic mass is 35.5. The first-order valence-electron chi connectivity index (χ1n) is 8.10. The predicted octanol–water partition coefficient (Wildman–Crippen LogP) is 3.38. The zero-order valence-corrected chi connectivity index (χ0v) is 14.5. The van der Waals surface area contributed by atoms with E-state index in [-0.39, 0.29) is 12.5 Å².